The number of rotatable bonds is 7. The van der Waals surface area contributed by atoms with Gasteiger partial charge in [0, 0.05) is 12.6 Å². The molecular formula is C16H31NS. The van der Waals surface area contributed by atoms with Crippen LogP contribution in [0, 0.1) is 11.3 Å². The van der Waals surface area contributed by atoms with E-state index in [9.17, 15) is 0 Å². The average molecular weight is 269 g/mol. The Morgan fingerprint density at radius 3 is 2.28 bits per heavy atom. The summed E-state index contributed by atoms with van der Waals surface area (Å²) in [5.74, 6) is 1.93. The van der Waals surface area contributed by atoms with Gasteiger partial charge in [-0.3, -0.25) is 4.90 Å². The van der Waals surface area contributed by atoms with E-state index >= 15 is 0 Å². The lowest BCUT2D eigenvalue weighted by atomic mass is 9.69. The zero-order valence-corrected chi connectivity index (χ0v) is 13.2. The molecule has 2 aliphatic rings. The molecule has 0 radical (unpaired) electrons. The molecule has 0 atom stereocenters. The van der Waals surface area contributed by atoms with Crippen LogP contribution in [0.15, 0.2) is 0 Å². The smallest absolute Gasteiger partial charge is 0.00954 e. The van der Waals surface area contributed by atoms with Crippen molar-refractivity contribution in [3.05, 3.63) is 0 Å². The van der Waals surface area contributed by atoms with Gasteiger partial charge in [-0.15, -0.1) is 0 Å². The topological polar surface area (TPSA) is 3.24 Å². The van der Waals surface area contributed by atoms with Crippen molar-refractivity contribution in [2.45, 2.75) is 71.3 Å². The standard InChI is InChI=1S/C16H31NS/c1-14(2)8-11-17(15-6-3-4-7-15)12-16(13-18)9-5-10-16/h14-15,18H,3-13H2,1-2H3. The largest absolute Gasteiger partial charge is 0.300 e. The molecule has 2 saturated carbocycles. The maximum absolute atomic E-state index is 4.63. The number of hydrogen-bond acceptors (Lipinski definition) is 2. The van der Waals surface area contributed by atoms with Gasteiger partial charge in [0.2, 0.25) is 0 Å². The van der Waals surface area contributed by atoms with E-state index in [0.29, 0.717) is 5.41 Å². The average Bonchev–Trinajstić information content (AvgIpc) is 2.80. The molecule has 0 spiro atoms. The third kappa shape index (κ3) is 3.66. The molecule has 0 bridgehead atoms. The molecule has 0 aromatic heterocycles. The SMILES string of the molecule is CC(C)CCN(CC1(CS)CCC1)C1CCCC1. The lowest BCUT2D eigenvalue weighted by Crippen LogP contribution is -2.47. The monoisotopic (exact) mass is 269 g/mol. The van der Waals surface area contributed by atoms with Crippen molar-refractivity contribution < 1.29 is 0 Å². The maximum atomic E-state index is 4.63. The van der Waals surface area contributed by atoms with Crippen LogP contribution < -0.4 is 0 Å². The zero-order valence-electron chi connectivity index (χ0n) is 12.3. The van der Waals surface area contributed by atoms with Gasteiger partial charge in [0.25, 0.3) is 0 Å². The van der Waals surface area contributed by atoms with E-state index in [1.54, 1.807) is 0 Å². The highest BCUT2D eigenvalue weighted by Crippen LogP contribution is 2.43. The van der Waals surface area contributed by atoms with Gasteiger partial charge in [0.15, 0.2) is 0 Å². The van der Waals surface area contributed by atoms with Crippen LogP contribution in [0.2, 0.25) is 0 Å². The van der Waals surface area contributed by atoms with Crippen molar-refractivity contribution in [2.75, 3.05) is 18.8 Å². The Bertz CT molecular complexity index is 236. The Balaban J connectivity index is 1.90. The van der Waals surface area contributed by atoms with Crippen LogP contribution >= 0.6 is 12.6 Å². The molecule has 2 heteroatoms. The van der Waals surface area contributed by atoms with Crippen LogP contribution in [0.4, 0.5) is 0 Å². The minimum atomic E-state index is 0.572. The molecule has 0 unspecified atom stereocenters. The van der Waals surface area contributed by atoms with Gasteiger partial charge >= 0.3 is 0 Å². The fourth-order valence-electron chi connectivity index (χ4n) is 3.56. The molecule has 0 aliphatic heterocycles. The molecular weight excluding hydrogens is 238 g/mol. The van der Waals surface area contributed by atoms with Gasteiger partial charge in [0.1, 0.15) is 0 Å². The van der Waals surface area contributed by atoms with E-state index in [2.05, 4.69) is 31.4 Å². The molecule has 0 N–H and O–H groups in total. The molecule has 0 saturated heterocycles. The van der Waals surface area contributed by atoms with Crippen molar-refractivity contribution in [1.29, 1.82) is 0 Å². The van der Waals surface area contributed by atoms with E-state index in [1.807, 2.05) is 0 Å². The molecule has 18 heavy (non-hydrogen) atoms. The van der Waals surface area contributed by atoms with Crippen molar-refractivity contribution in [3.63, 3.8) is 0 Å². The lowest BCUT2D eigenvalue weighted by Gasteiger charge is -2.46. The Hall–Kier alpha value is 0.310. The first kappa shape index (κ1) is 14.7. The second-order valence-electron chi connectivity index (χ2n) is 7.10. The molecule has 2 fully saturated rings. The lowest BCUT2D eigenvalue weighted by molar-refractivity contribution is 0.0620. The Morgan fingerprint density at radius 2 is 1.83 bits per heavy atom. The highest BCUT2D eigenvalue weighted by molar-refractivity contribution is 7.80. The predicted molar refractivity (Wildman–Crippen MR) is 83.4 cm³/mol. The summed E-state index contributed by atoms with van der Waals surface area (Å²) in [6.07, 6.45) is 11.4. The molecule has 2 rings (SSSR count). The van der Waals surface area contributed by atoms with Gasteiger partial charge in [-0.25, -0.2) is 0 Å². The van der Waals surface area contributed by atoms with Gasteiger partial charge in [-0.2, -0.15) is 12.6 Å². The second-order valence-corrected chi connectivity index (χ2v) is 7.42. The van der Waals surface area contributed by atoms with Crippen molar-refractivity contribution in [1.82, 2.24) is 4.90 Å². The molecule has 0 heterocycles. The Morgan fingerprint density at radius 1 is 1.17 bits per heavy atom. The van der Waals surface area contributed by atoms with Crippen LogP contribution in [0.1, 0.15) is 65.2 Å². The fourth-order valence-corrected chi connectivity index (χ4v) is 3.97. The first-order valence-corrected chi connectivity index (χ1v) is 8.63. The van der Waals surface area contributed by atoms with Crippen LogP contribution in [0.5, 0.6) is 0 Å². The minimum Gasteiger partial charge on any atom is -0.300 e. The number of hydrogen-bond donors (Lipinski definition) is 1. The first-order valence-electron chi connectivity index (χ1n) is 8.00. The maximum Gasteiger partial charge on any atom is 0.00954 e. The van der Waals surface area contributed by atoms with Crippen molar-refractivity contribution >= 4 is 12.6 Å². The highest BCUT2D eigenvalue weighted by atomic mass is 32.1. The van der Waals surface area contributed by atoms with E-state index in [-0.39, 0.29) is 0 Å². The Kier molecular flexibility index (Phi) is 5.44. The zero-order chi connectivity index (χ0) is 13.0. The fraction of sp³-hybridized carbons (Fsp3) is 1.00. The first-order chi connectivity index (χ1) is 8.65. The van der Waals surface area contributed by atoms with Gasteiger partial charge in [-0.05, 0) is 55.7 Å². The van der Waals surface area contributed by atoms with Gasteiger partial charge in [-0.1, -0.05) is 33.1 Å². The summed E-state index contributed by atoms with van der Waals surface area (Å²) in [5, 5.41) is 0. The van der Waals surface area contributed by atoms with E-state index in [4.69, 9.17) is 0 Å². The molecule has 0 aromatic rings. The molecule has 1 nitrogen and oxygen atoms in total. The van der Waals surface area contributed by atoms with Crippen molar-refractivity contribution in [2.24, 2.45) is 11.3 Å². The summed E-state index contributed by atoms with van der Waals surface area (Å²) in [6.45, 7) is 7.35. The molecule has 106 valence electrons. The third-order valence-electron chi connectivity index (χ3n) is 5.12. The molecule has 2 aliphatic carbocycles. The molecule has 0 amide bonds. The summed E-state index contributed by atoms with van der Waals surface area (Å²) >= 11 is 4.63. The number of nitrogens with zero attached hydrogens (tertiary/aromatic N) is 1. The summed E-state index contributed by atoms with van der Waals surface area (Å²) in [7, 11) is 0. The van der Waals surface area contributed by atoms with Crippen molar-refractivity contribution in [3.8, 4) is 0 Å². The second kappa shape index (κ2) is 6.65. The predicted octanol–water partition coefficient (Wildman–Crippen LogP) is 4.38. The third-order valence-corrected chi connectivity index (χ3v) is 5.79. The minimum absolute atomic E-state index is 0.572. The Labute approximate surface area is 119 Å². The summed E-state index contributed by atoms with van der Waals surface area (Å²) < 4.78 is 0. The summed E-state index contributed by atoms with van der Waals surface area (Å²) in [5.41, 5.74) is 0.572. The molecule has 0 aromatic carbocycles. The summed E-state index contributed by atoms with van der Waals surface area (Å²) in [4.78, 5) is 2.84. The van der Waals surface area contributed by atoms with Crippen LogP contribution in [-0.4, -0.2) is 29.8 Å². The van der Waals surface area contributed by atoms with Crippen LogP contribution in [-0.2, 0) is 0 Å². The normalized spacial score (nSPS) is 23.8. The van der Waals surface area contributed by atoms with Crippen LogP contribution in [0.25, 0.3) is 0 Å². The van der Waals surface area contributed by atoms with Crippen LogP contribution in [0.3, 0.4) is 0 Å². The van der Waals surface area contributed by atoms with Gasteiger partial charge in [0.05, 0.1) is 0 Å². The number of thiol groups is 1. The summed E-state index contributed by atoms with van der Waals surface area (Å²) in [6, 6.07) is 0.890. The van der Waals surface area contributed by atoms with E-state index in [1.165, 1.54) is 64.5 Å². The van der Waals surface area contributed by atoms with E-state index < -0.39 is 0 Å². The quantitative estimate of drug-likeness (QED) is 0.671. The van der Waals surface area contributed by atoms with E-state index in [0.717, 1.165) is 17.7 Å². The van der Waals surface area contributed by atoms with Gasteiger partial charge < -0.3 is 0 Å². The highest BCUT2D eigenvalue weighted by Gasteiger charge is 2.38.